The van der Waals surface area contributed by atoms with Gasteiger partial charge < -0.3 is 0 Å². The van der Waals surface area contributed by atoms with E-state index in [1.165, 1.54) is 56.9 Å². The van der Waals surface area contributed by atoms with Gasteiger partial charge in [0.1, 0.15) is 0 Å². The zero-order chi connectivity index (χ0) is 13.1. The molecular weight excluding hydrogens is 216 g/mol. The lowest BCUT2D eigenvalue weighted by atomic mass is 9.91. The molecular formula is C18H29. The first kappa shape index (κ1) is 15.3. The molecule has 0 aromatic heterocycles. The molecule has 0 heterocycles. The van der Waals surface area contributed by atoms with Crippen LogP contribution in [0.25, 0.3) is 0 Å². The Morgan fingerprint density at radius 3 is 2.11 bits per heavy atom. The summed E-state index contributed by atoms with van der Waals surface area (Å²) in [4.78, 5) is 0. The summed E-state index contributed by atoms with van der Waals surface area (Å²) >= 11 is 0. The van der Waals surface area contributed by atoms with Gasteiger partial charge in [-0.05, 0) is 24.3 Å². The molecule has 1 rings (SSSR count). The molecule has 1 atom stereocenters. The first-order valence-corrected chi connectivity index (χ1v) is 7.72. The maximum absolute atomic E-state index is 3.89. The van der Waals surface area contributed by atoms with Gasteiger partial charge in [0, 0.05) is 0 Å². The second-order valence-electron chi connectivity index (χ2n) is 5.28. The first-order valence-electron chi connectivity index (χ1n) is 7.72. The number of hydrogen-bond acceptors (Lipinski definition) is 0. The Morgan fingerprint density at radius 1 is 0.889 bits per heavy atom. The lowest BCUT2D eigenvalue weighted by molar-refractivity contribution is 0.527. The van der Waals surface area contributed by atoms with E-state index in [-0.39, 0.29) is 0 Å². The minimum absolute atomic E-state index is 0.769. The van der Waals surface area contributed by atoms with Crippen LogP contribution in [0.3, 0.4) is 0 Å². The van der Waals surface area contributed by atoms with Crippen LogP contribution in [0.4, 0.5) is 0 Å². The molecule has 0 aliphatic carbocycles. The maximum Gasteiger partial charge on any atom is -0.0165 e. The number of rotatable bonds is 10. The van der Waals surface area contributed by atoms with Crippen molar-refractivity contribution in [2.45, 2.75) is 70.6 Å². The Hall–Kier alpha value is -0.780. The summed E-state index contributed by atoms with van der Waals surface area (Å²) in [6, 6.07) is 11.0. The summed E-state index contributed by atoms with van der Waals surface area (Å²) in [5.74, 6) is 0.769. The second kappa shape index (κ2) is 10.2. The van der Waals surface area contributed by atoms with E-state index >= 15 is 0 Å². The Labute approximate surface area is 114 Å². The van der Waals surface area contributed by atoms with Crippen molar-refractivity contribution in [3.8, 4) is 0 Å². The van der Waals surface area contributed by atoms with Gasteiger partial charge in [0.15, 0.2) is 0 Å². The van der Waals surface area contributed by atoms with Crippen LogP contribution < -0.4 is 0 Å². The van der Waals surface area contributed by atoms with Gasteiger partial charge in [-0.25, -0.2) is 0 Å². The number of unbranched alkanes of at least 4 members (excludes halogenated alkanes) is 6. The minimum atomic E-state index is 0.769. The summed E-state index contributed by atoms with van der Waals surface area (Å²) in [6.07, 6.45) is 12.0. The topological polar surface area (TPSA) is 0 Å². The molecule has 0 spiro atoms. The lowest BCUT2D eigenvalue weighted by Crippen LogP contribution is -1.97. The van der Waals surface area contributed by atoms with Crippen LogP contribution in [0.5, 0.6) is 0 Å². The smallest absolute Gasteiger partial charge is 0.0165 e. The van der Waals surface area contributed by atoms with E-state index in [0.717, 1.165) is 12.3 Å². The van der Waals surface area contributed by atoms with E-state index in [1.807, 2.05) is 0 Å². The molecule has 0 heteroatoms. The molecule has 1 aromatic carbocycles. The van der Waals surface area contributed by atoms with Crippen molar-refractivity contribution in [3.63, 3.8) is 0 Å². The van der Waals surface area contributed by atoms with Crippen LogP contribution in [0.1, 0.15) is 76.2 Å². The Kier molecular flexibility index (Phi) is 8.63. The van der Waals surface area contributed by atoms with Crippen LogP contribution in [0, 0.1) is 6.92 Å². The van der Waals surface area contributed by atoms with Gasteiger partial charge in [-0.15, -0.1) is 0 Å². The molecule has 101 valence electrons. The van der Waals surface area contributed by atoms with Crippen LogP contribution in [0.2, 0.25) is 0 Å². The van der Waals surface area contributed by atoms with Crippen LogP contribution in [-0.4, -0.2) is 0 Å². The highest BCUT2D eigenvalue weighted by atomic mass is 14.1. The van der Waals surface area contributed by atoms with Crippen molar-refractivity contribution in [1.82, 2.24) is 0 Å². The zero-order valence-corrected chi connectivity index (χ0v) is 12.0. The molecule has 0 aliphatic heterocycles. The molecule has 0 saturated heterocycles. The Balaban J connectivity index is 2.13. The molecule has 0 fully saturated rings. The standard InChI is InChI=1S/C18H29/c1-3-5-6-7-8-9-11-14-17(4-2)18-15-12-10-13-16-18/h10,12-13,15-17H,1,3-9,11,14H2,2H3. The summed E-state index contributed by atoms with van der Waals surface area (Å²) in [5.41, 5.74) is 1.53. The van der Waals surface area contributed by atoms with Gasteiger partial charge in [-0.1, -0.05) is 89.1 Å². The molecule has 0 amide bonds. The number of hydrogen-bond donors (Lipinski definition) is 0. The van der Waals surface area contributed by atoms with Crippen molar-refractivity contribution in [1.29, 1.82) is 0 Å². The van der Waals surface area contributed by atoms with Crippen LogP contribution >= 0.6 is 0 Å². The monoisotopic (exact) mass is 245 g/mol. The third-order valence-corrected chi connectivity index (χ3v) is 3.82. The molecule has 1 aromatic rings. The van der Waals surface area contributed by atoms with Crippen molar-refractivity contribution in [2.75, 3.05) is 0 Å². The summed E-state index contributed by atoms with van der Waals surface area (Å²) in [6.45, 7) is 6.20. The SMILES string of the molecule is [CH2]CCCCCCCCC(CC)c1ccccc1. The fourth-order valence-corrected chi connectivity index (χ4v) is 2.61. The molecule has 0 N–H and O–H groups in total. The summed E-state index contributed by atoms with van der Waals surface area (Å²) in [5, 5.41) is 0. The van der Waals surface area contributed by atoms with Gasteiger partial charge in [0.05, 0.1) is 0 Å². The highest BCUT2D eigenvalue weighted by Crippen LogP contribution is 2.25. The van der Waals surface area contributed by atoms with Gasteiger partial charge in [-0.3, -0.25) is 0 Å². The molecule has 0 saturated carbocycles. The largest absolute Gasteiger partial charge is 0.0648 e. The predicted molar refractivity (Wildman–Crippen MR) is 81.8 cm³/mol. The maximum atomic E-state index is 3.89. The van der Waals surface area contributed by atoms with Crippen molar-refractivity contribution < 1.29 is 0 Å². The van der Waals surface area contributed by atoms with Gasteiger partial charge in [0.2, 0.25) is 0 Å². The summed E-state index contributed by atoms with van der Waals surface area (Å²) < 4.78 is 0. The quantitative estimate of drug-likeness (QED) is 0.435. The van der Waals surface area contributed by atoms with Crippen LogP contribution in [0.15, 0.2) is 30.3 Å². The third kappa shape index (κ3) is 6.23. The highest BCUT2D eigenvalue weighted by Gasteiger charge is 2.07. The fraction of sp³-hybridized carbons (Fsp3) is 0.611. The molecule has 18 heavy (non-hydrogen) atoms. The van der Waals surface area contributed by atoms with Crippen molar-refractivity contribution in [3.05, 3.63) is 42.8 Å². The Bertz CT molecular complexity index is 275. The van der Waals surface area contributed by atoms with Gasteiger partial charge in [-0.2, -0.15) is 0 Å². The minimum Gasteiger partial charge on any atom is -0.0648 e. The second-order valence-corrected chi connectivity index (χ2v) is 5.28. The molecule has 1 unspecified atom stereocenters. The average molecular weight is 245 g/mol. The highest BCUT2D eigenvalue weighted by molar-refractivity contribution is 5.19. The average Bonchev–Trinajstić information content (AvgIpc) is 2.43. The van der Waals surface area contributed by atoms with Crippen LogP contribution in [-0.2, 0) is 0 Å². The predicted octanol–water partition coefficient (Wildman–Crippen LogP) is 6.14. The van der Waals surface area contributed by atoms with E-state index < -0.39 is 0 Å². The molecule has 0 bridgehead atoms. The first-order chi connectivity index (χ1) is 8.88. The third-order valence-electron chi connectivity index (χ3n) is 3.82. The van der Waals surface area contributed by atoms with E-state index in [2.05, 4.69) is 44.2 Å². The normalized spacial score (nSPS) is 12.6. The van der Waals surface area contributed by atoms with E-state index in [9.17, 15) is 0 Å². The van der Waals surface area contributed by atoms with Crippen molar-refractivity contribution in [2.24, 2.45) is 0 Å². The lowest BCUT2D eigenvalue weighted by Gasteiger charge is -2.15. The fourth-order valence-electron chi connectivity index (χ4n) is 2.61. The summed E-state index contributed by atoms with van der Waals surface area (Å²) in [7, 11) is 0. The molecule has 1 radical (unpaired) electrons. The van der Waals surface area contributed by atoms with Gasteiger partial charge >= 0.3 is 0 Å². The van der Waals surface area contributed by atoms with E-state index in [1.54, 1.807) is 0 Å². The molecule has 0 aliphatic rings. The number of benzene rings is 1. The Morgan fingerprint density at radius 2 is 1.50 bits per heavy atom. The van der Waals surface area contributed by atoms with E-state index in [0.29, 0.717) is 0 Å². The zero-order valence-electron chi connectivity index (χ0n) is 12.0. The molecule has 0 nitrogen and oxygen atoms in total. The van der Waals surface area contributed by atoms with E-state index in [4.69, 9.17) is 0 Å². The van der Waals surface area contributed by atoms with Gasteiger partial charge in [0.25, 0.3) is 0 Å². The van der Waals surface area contributed by atoms with Crippen molar-refractivity contribution >= 4 is 0 Å².